The number of hydrogen-bond acceptors (Lipinski definition) is 4. The quantitative estimate of drug-likeness (QED) is 0.254. The van der Waals surface area contributed by atoms with Crippen molar-refractivity contribution in [2.45, 2.75) is 31.8 Å². The van der Waals surface area contributed by atoms with Crippen molar-refractivity contribution in [2.24, 2.45) is 0 Å². The van der Waals surface area contributed by atoms with E-state index in [-0.39, 0.29) is 12.2 Å². The van der Waals surface area contributed by atoms with Crippen LogP contribution < -0.4 is 21.2 Å². The second-order valence-corrected chi connectivity index (χ2v) is 19.4. The average molecular weight is 563 g/mol. The molecule has 190 valence electrons. The van der Waals surface area contributed by atoms with Crippen molar-refractivity contribution in [2.75, 3.05) is 12.3 Å². The molecule has 1 fully saturated rings. The van der Waals surface area contributed by atoms with E-state index < -0.39 is 17.9 Å². The summed E-state index contributed by atoms with van der Waals surface area (Å²) in [5, 5.41) is 4.81. The van der Waals surface area contributed by atoms with Gasteiger partial charge in [-0.1, -0.05) is 145 Å². The molecular weight excluding hydrogens is 530 g/mol. The van der Waals surface area contributed by atoms with Crippen LogP contribution in [0.1, 0.15) is 13.8 Å². The zero-order valence-corrected chi connectivity index (χ0v) is 24.6. The molecule has 1 aliphatic rings. The molecule has 2 nitrogen and oxygen atoms in total. The minimum atomic E-state index is -2.17. The minimum Gasteiger partial charge on any atom is -0.344 e. The first-order chi connectivity index (χ1) is 17.8. The number of rotatable bonds is 8. The molecule has 2 unspecified atom stereocenters. The van der Waals surface area contributed by atoms with Gasteiger partial charge in [0.05, 0.1) is 12.2 Å². The summed E-state index contributed by atoms with van der Waals surface area (Å²) in [7, 11) is 0. The van der Waals surface area contributed by atoms with Crippen LogP contribution in [0.2, 0.25) is 0 Å². The van der Waals surface area contributed by atoms with E-state index >= 15 is 0 Å². The summed E-state index contributed by atoms with van der Waals surface area (Å²) in [5.74, 6) is -0.698. The normalized spacial score (nSPS) is 19.5. The molecule has 2 atom stereocenters. The predicted octanol–water partition coefficient (Wildman–Crippen LogP) is 5.77. The molecule has 0 radical (unpaired) electrons. The van der Waals surface area contributed by atoms with Crippen LogP contribution in [0.5, 0.6) is 0 Å². The molecule has 4 aromatic carbocycles. The van der Waals surface area contributed by atoms with E-state index in [4.69, 9.17) is 33.1 Å². The first-order valence-electron chi connectivity index (χ1n) is 12.6. The lowest BCUT2D eigenvalue weighted by molar-refractivity contribution is -0.142. The van der Waals surface area contributed by atoms with Crippen molar-refractivity contribution in [3.8, 4) is 0 Å². The van der Waals surface area contributed by atoms with E-state index in [9.17, 15) is 0 Å². The third-order valence-electron chi connectivity index (χ3n) is 6.85. The van der Waals surface area contributed by atoms with Gasteiger partial charge in [0.25, 0.3) is 0 Å². The van der Waals surface area contributed by atoms with Crippen LogP contribution in [0, 0.1) is 0 Å². The van der Waals surface area contributed by atoms with Crippen molar-refractivity contribution in [1.82, 2.24) is 0 Å². The predicted molar refractivity (Wildman–Crippen MR) is 166 cm³/mol. The van der Waals surface area contributed by atoms with Crippen molar-refractivity contribution in [3.05, 3.63) is 121 Å². The van der Waals surface area contributed by atoms with Crippen LogP contribution >= 0.6 is 12.1 Å². The minimum absolute atomic E-state index is 0.156. The molecule has 0 saturated carbocycles. The fourth-order valence-electron chi connectivity index (χ4n) is 5.12. The molecule has 0 aromatic heterocycles. The fraction of sp³-hybridized carbons (Fsp3) is 0.226. The van der Waals surface area contributed by atoms with Crippen molar-refractivity contribution in [3.63, 3.8) is 0 Å². The Bertz CT molecular complexity index is 1220. The Morgan fingerprint density at radius 3 is 1.00 bits per heavy atom. The maximum Gasteiger partial charge on any atom is 0.163 e. The summed E-state index contributed by atoms with van der Waals surface area (Å²) in [6, 6.07) is 37.8. The summed E-state index contributed by atoms with van der Waals surface area (Å²) >= 11 is 13.2. The van der Waals surface area contributed by atoms with Crippen molar-refractivity contribution < 1.29 is 9.47 Å². The number of ether oxygens (including phenoxy) is 2. The first-order valence-corrected chi connectivity index (χ1v) is 18.5. The molecule has 1 saturated heterocycles. The molecule has 1 heterocycles. The highest BCUT2D eigenvalue weighted by molar-refractivity contribution is 8.22. The standard InChI is InChI=1S/C31H32O2P2S2/c1-31(2)32-29(23-34(36,25-15-7-3-8-16-25)26-17-9-4-10-18-26)30(33-31)24-35(37,27-19-11-5-12-20-27)28-21-13-6-14-22-28/h3-22,29-30H,23-24H2,1-2H3. The largest absolute Gasteiger partial charge is 0.344 e. The Morgan fingerprint density at radius 1 is 0.514 bits per heavy atom. The summed E-state index contributed by atoms with van der Waals surface area (Å²) in [5.41, 5.74) is 0. The first kappa shape index (κ1) is 26.7. The second-order valence-electron chi connectivity index (χ2n) is 9.90. The van der Waals surface area contributed by atoms with E-state index in [1.807, 2.05) is 38.1 Å². The second kappa shape index (κ2) is 11.1. The van der Waals surface area contributed by atoms with Gasteiger partial charge >= 0.3 is 0 Å². The Morgan fingerprint density at radius 2 is 0.757 bits per heavy atom. The van der Waals surface area contributed by atoms with Gasteiger partial charge in [0.1, 0.15) is 0 Å². The lowest BCUT2D eigenvalue weighted by Crippen LogP contribution is -2.35. The molecule has 1 aliphatic heterocycles. The highest BCUT2D eigenvalue weighted by Gasteiger charge is 2.46. The van der Waals surface area contributed by atoms with Gasteiger partial charge in [-0.05, 0) is 35.1 Å². The van der Waals surface area contributed by atoms with Crippen LogP contribution in [0.25, 0.3) is 0 Å². The van der Waals surface area contributed by atoms with Crippen molar-refractivity contribution in [1.29, 1.82) is 0 Å². The Kier molecular flexibility index (Phi) is 7.99. The lowest BCUT2D eigenvalue weighted by Gasteiger charge is -2.31. The molecule has 0 N–H and O–H groups in total. The van der Waals surface area contributed by atoms with Crippen LogP contribution in [0.4, 0.5) is 0 Å². The zero-order chi connectivity index (χ0) is 25.9. The number of hydrogen-bond donors (Lipinski definition) is 0. The van der Waals surface area contributed by atoms with Crippen LogP contribution in [-0.4, -0.2) is 30.3 Å². The maximum absolute atomic E-state index is 6.63. The monoisotopic (exact) mass is 562 g/mol. The maximum atomic E-state index is 6.63. The molecule has 4 aromatic rings. The smallest absolute Gasteiger partial charge is 0.163 e. The summed E-state index contributed by atoms with van der Waals surface area (Å²) in [6.07, 6.45) is 1.14. The average Bonchev–Trinajstić information content (AvgIpc) is 3.22. The fourth-order valence-corrected chi connectivity index (χ4v) is 13.1. The highest BCUT2D eigenvalue weighted by Crippen LogP contribution is 2.51. The van der Waals surface area contributed by atoms with Gasteiger partial charge in [-0.15, -0.1) is 0 Å². The highest BCUT2D eigenvalue weighted by atomic mass is 32.4. The lowest BCUT2D eigenvalue weighted by atomic mass is 10.3. The van der Waals surface area contributed by atoms with Crippen LogP contribution in [0.15, 0.2) is 121 Å². The molecular formula is C31H32O2P2S2. The van der Waals surface area contributed by atoms with Crippen LogP contribution in [0.3, 0.4) is 0 Å². The summed E-state index contributed by atoms with van der Waals surface area (Å²) < 4.78 is 13.3. The van der Waals surface area contributed by atoms with Gasteiger partial charge in [-0.25, -0.2) is 0 Å². The molecule has 37 heavy (non-hydrogen) atoms. The zero-order valence-electron chi connectivity index (χ0n) is 21.1. The third-order valence-corrected chi connectivity index (χ3v) is 16.6. The summed E-state index contributed by atoms with van der Waals surface area (Å²) in [6.45, 7) is 4.01. The van der Waals surface area contributed by atoms with Gasteiger partial charge in [0.2, 0.25) is 0 Å². The molecule has 0 spiro atoms. The summed E-state index contributed by atoms with van der Waals surface area (Å²) in [4.78, 5) is 0. The topological polar surface area (TPSA) is 18.5 Å². The molecule has 5 rings (SSSR count). The van der Waals surface area contributed by atoms with Crippen molar-refractivity contribution >= 4 is 56.9 Å². The SMILES string of the molecule is CC1(C)OC(CP(=S)(c2ccccc2)c2ccccc2)C(CP(=S)(c2ccccc2)c2ccccc2)O1. The molecule has 0 aliphatic carbocycles. The van der Waals surface area contributed by atoms with Crippen LogP contribution in [-0.2, 0) is 33.1 Å². The Hall–Kier alpha value is -1.90. The molecule has 0 amide bonds. The van der Waals surface area contributed by atoms with Gasteiger partial charge in [-0.3, -0.25) is 0 Å². The Balaban J connectivity index is 1.55. The van der Waals surface area contributed by atoms with Gasteiger partial charge in [0, 0.05) is 24.4 Å². The third kappa shape index (κ3) is 5.76. The Labute approximate surface area is 231 Å². The van der Waals surface area contributed by atoms with Gasteiger partial charge < -0.3 is 9.47 Å². The molecule has 6 heteroatoms. The van der Waals surface area contributed by atoms with E-state index in [1.54, 1.807) is 0 Å². The van der Waals surface area contributed by atoms with E-state index in [0.29, 0.717) is 0 Å². The van der Waals surface area contributed by atoms with Gasteiger partial charge in [-0.2, -0.15) is 0 Å². The van der Waals surface area contributed by atoms with Gasteiger partial charge in [0.15, 0.2) is 5.79 Å². The molecule has 0 bridgehead atoms. The van der Waals surface area contributed by atoms with E-state index in [2.05, 4.69) is 97.1 Å². The number of benzene rings is 4. The van der Waals surface area contributed by atoms with E-state index in [0.717, 1.165) is 12.3 Å². The van der Waals surface area contributed by atoms with E-state index in [1.165, 1.54) is 21.2 Å².